The zero-order chi connectivity index (χ0) is 19.7. The number of aromatic nitrogens is 4. The summed E-state index contributed by atoms with van der Waals surface area (Å²) in [6.07, 6.45) is 2.10. The van der Waals surface area contributed by atoms with Crippen LogP contribution in [0.25, 0.3) is 11.0 Å². The van der Waals surface area contributed by atoms with Crippen LogP contribution in [0.15, 0.2) is 23.1 Å². The smallest absolute Gasteiger partial charge is 0.255 e. The number of H-pyrrole nitrogens is 2. The van der Waals surface area contributed by atoms with Gasteiger partial charge in [-0.1, -0.05) is 0 Å². The number of rotatable bonds is 5. The van der Waals surface area contributed by atoms with E-state index in [1.165, 1.54) is 12.3 Å². The molecule has 0 aromatic carbocycles. The topological polar surface area (TPSA) is 112 Å². The lowest BCUT2D eigenvalue weighted by Gasteiger charge is -2.27. The summed E-state index contributed by atoms with van der Waals surface area (Å²) in [5.74, 6) is -0.290. The van der Waals surface area contributed by atoms with Crippen molar-refractivity contribution in [3.05, 3.63) is 56.8 Å². The van der Waals surface area contributed by atoms with E-state index in [4.69, 9.17) is 0 Å². The van der Waals surface area contributed by atoms with Crippen LogP contribution in [0.1, 0.15) is 51.5 Å². The summed E-state index contributed by atoms with van der Waals surface area (Å²) >= 11 is 0. The van der Waals surface area contributed by atoms with Crippen molar-refractivity contribution in [3.63, 3.8) is 0 Å². The van der Waals surface area contributed by atoms with Crippen LogP contribution in [0.4, 0.5) is 0 Å². The van der Waals surface area contributed by atoms with Gasteiger partial charge in [-0.25, -0.2) is 4.98 Å². The van der Waals surface area contributed by atoms with E-state index in [2.05, 4.69) is 20.2 Å². The van der Waals surface area contributed by atoms with E-state index >= 15 is 0 Å². The minimum absolute atomic E-state index is 0.142. The molecular formula is C19H21N5O3. The second-order valence-electron chi connectivity index (χ2n) is 6.81. The maximum atomic E-state index is 13.3. The van der Waals surface area contributed by atoms with Gasteiger partial charge in [-0.15, -0.1) is 0 Å². The highest BCUT2D eigenvalue weighted by Gasteiger charge is 2.24. The second-order valence-corrected chi connectivity index (χ2v) is 6.81. The predicted molar refractivity (Wildman–Crippen MR) is 101 cm³/mol. The Balaban J connectivity index is 2.07. The normalized spacial score (nSPS) is 11.1. The van der Waals surface area contributed by atoms with Gasteiger partial charge in [0.25, 0.3) is 11.5 Å². The number of nitrogens with zero attached hydrogens (tertiary/aromatic N) is 3. The van der Waals surface area contributed by atoms with Crippen molar-refractivity contribution in [1.82, 2.24) is 25.1 Å². The Kier molecular flexibility index (Phi) is 4.89. The Morgan fingerprint density at radius 2 is 2.04 bits per heavy atom. The third-order valence-electron chi connectivity index (χ3n) is 4.50. The molecule has 140 valence electrons. The minimum Gasteiger partial charge on any atom is -0.332 e. The van der Waals surface area contributed by atoms with Crippen molar-refractivity contribution >= 4 is 23.2 Å². The number of aromatic amines is 2. The highest BCUT2D eigenvalue weighted by molar-refractivity contribution is 6.06. The van der Waals surface area contributed by atoms with Crippen molar-refractivity contribution in [1.29, 1.82) is 0 Å². The van der Waals surface area contributed by atoms with E-state index < -0.39 is 0 Å². The Bertz CT molecular complexity index is 1080. The van der Waals surface area contributed by atoms with Crippen LogP contribution in [-0.2, 0) is 6.54 Å². The fourth-order valence-electron chi connectivity index (χ4n) is 3.08. The molecule has 2 N–H and O–H groups in total. The minimum atomic E-state index is -0.290. The van der Waals surface area contributed by atoms with Crippen LogP contribution >= 0.6 is 0 Å². The molecule has 1 amide bonds. The summed E-state index contributed by atoms with van der Waals surface area (Å²) < 4.78 is 0. The lowest BCUT2D eigenvalue weighted by molar-refractivity contribution is 0.0691. The molecule has 0 saturated carbocycles. The monoisotopic (exact) mass is 367 g/mol. The Hall–Kier alpha value is -3.29. The molecule has 8 heteroatoms. The van der Waals surface area contributed by atoms with Crippen LogP contribution in [0.3, 0.4) is 0 Å². The first-order valence-electron chi connectivity index (χ1n) is 8.61. The number of hydrogen-bond donors (Lipinski definition) is 2. The molecule has 8 nitrogen and oxygen atoms in total. The van der Waals surface area contributed by atoms with Gasteiger partial charge in [0.1, 0.15) is 5.69 Å². The van der Waals surface area contributed by atoms with Crippen LogP contribution in [0, 0.1) is 13.8 Å². The number of carbonyl (C=O) groups is 2. The first-order chi connectivity index (χ1) is 12.8. The third kappa shape index (κ3) is 3.51. The number of hydrogen-bond acceptors (Lipinski definition) is 5. The number of nitrogens with one attached hydrogen (secondary N) is 2. The van der Waals surface area contributed by atoms with Gasteiger partial charge < -0.3 is 9.88 Å². The number of pyridine rings is 2. The van der Waals surface area contributed by atoms with Gasteiger partial charge in [0.15, 0.2) is 11.9 Å². The maximum Gasteiger partial charge on any atom is 0.255 e. The van der Waals surface area contributed by atoms with Crippen molar-refractivity contribution in [3.8, 4) is 0 Å². The SMILES string of the molecule is Cc1cc(C)c(CN(C(=O)c2cc(C=O)nc3[nH]ncc23)C(C)C)c(=O)[nH]1. The number of fused-ring (bicyclic) bond motifs is 1. The molecule has 0 radical (unpaired) electrons. The van der Waals surface area contributed by atoms with Crippen LogP contribution < -0.4 is 5.56 Å². The number of carbonyl (C=O) groups excluding carboxylic acids is 2. The summed E-state index contributed by atoms with van der Waals surface area (Å²) in [7, 11) is 0. The maximum absolute atomic E-state index is 13.3. The van der Waals surface area contributed by atoms with E-state index in [1.54, 1.807) is 4.90 Å². The molecule has 0 saturated heterocycles. The zero-order valence-electron chi connectivity index (χ0n) is 15.7. The van der Waals surface area contributed by atoms with Gasteiger partial charge in [-0.05, 0) is 45.4 Å². The van der Waals surface area contributed by atoms with Crippen molar-refractivity contribution in [2.45, 2.75) is 40.3 Å². The molecule has 3 rings (SSSR count). The first-order valence-corrected chi connectivity index (χ1v) is 8.61. The molecule has 27 heavy (non-hydrogen) atoms. The predicted octanol–water partition coefficient (Wildman–Crippen LogP) is 2.13. The van der Waals surface area contributed by atoms with Crippen LogP contribution in [0.5, 0.6) is 0 Å². The fourth-order valence-corrected chi connectivity index (χ4v) is 3.08. The fraction of sp³-hybridized carbons (Fsp3) is 0.316. The van der Waals surface area contributed by atoms with E-state index in [0.717, 1.165) is 11.3 Å². The van der Waals surface area contributed by atoms with Crippen LogP contribution in [-0.4, -0.2) is 43.3 Å². The molecule has 0 spiro atoms. The Morgan fingerprint density at radius 3 is 2.67 bits per heavy atom. The Labute approximate surface area is 155 Å². The highest BCUT2D eigenvalue weighted by atomic mass is 16.2. The van der Waals surface area contributed by atoms with Crippen molar-refractivity contribution in [2.75, 3.05) is 0 Å². The standard InChI is InChI=1S/C19H21N5O3/c1-10(2)24(8-16-11(3)5-12(4)21-18(16)26)19(27)14-6-13(9-25)22-17-15(14)7-20-23-17/h5-7,9-10H,8H2,1-4H3,(H,21,26)(H,20,22,23). The molecule has 0 atom stereocenters. The molecule has 3 aromatic rings. The average molecular weight is 367 g/mol. The van der Waals surface area contributed by atoms with E-state index in [9.17, 15) is 14.4 Å². The van der Waals surface area contributed by atoms with Crippen LogP contribution in [0.2, 0.25) is 0 Å². The number of amides is 1. The molecular weight excluding hydrogens is 346 g/mol. The largest absolute Gasteiger partial charge is 0.332 e. The van der Waals surface area contributed by atoms with E-state index in [0.29, 0.717) is 28.4 Å². The average Bonchev–Trinajstić information content (AvgIpc) is 3.07. The number of aldehydes is 1. The van der Waals surface area contributed by atoms with Gasteiger partial charge >= 0.3 is 0 Å². The lowest BCUT2D eigenvalue weighted by atomic mass is 10.1. The van der Waals surface area contributed by atoms with Gasteiger partial charge in [-0.3, -0.25) is 19.5 Å². The summed E-state index contributed by atoms with van der Waals surface area (Å²) in [6.45, 7) is 7.59. The van der Waals surface area contributed by atoms with Gasteiger partial charge in [0, 0.05) is 17.3 Å². The van der Waals surface area contributed by atoms with Gasteiger partial charge in [0.05, 0.1) is 23.7 Å². The number of aryl methyl sites for hydroxylation is 2. The molecule has 0 fully saturated rings. The summed E-state index contributed by atoms with van der Waals surface area (Å²) in [4.78, 5) is 45.4. The molecule has 0 unspecified atom stereocenters. The summed E-state index contributed by atoms with van der Waals surface area (Å²) in [5, 5.41) is 7.14. The third-order valence-corrected chi connectivity index (χ3v) is 4.50. The van der Waals surface area contributed by atoms with Gasteiger partial charge in [-0.2, -0.15) is 5.10 Å². The van der Waals surface area contributed by atoms with Gasteiger partial charge in [0.2, 0.25) is 0 Å². The molecule has 0 bridgehead atoms. The summed E-state index contributed by atoms with van der Waals surface area (Å²) in [6, 6.07) is 3.17. The highest BCUT2D eigenvalue weighted by Crippen LogP contribution is 2.20. The first kappa shape index (κ1) is 18.5. The lowest BCUT2D eigenvalue weighted by Crippen LogP contribution is -2.38. The molecule has 0 aliphatic heterocycles. The van der Waals surface area contributed by atoms with Crippen molar-refractivity contribution < 1.29 is 9.59 Å². The summed E-state index contributed by atoms with van der Waals surface area (Å²) in [5.41, 5.74) is 2.77. The molecule has 3 heterocycles. The second kappa shape index (κ2) is 7.14. The van der Waals surface area contributed by atoms with E-state index in [-0.39, 0.29) is 29.7 Å². The van der Waals surface area contributed by atoms with Crippen molar-refractivity contribution in [2.24, 2.45) is 0 Å². The molecule has 0 aliphatic rings. The van der Waals surface area contributed by atoms with E-state index in [1.807, 2.05) is 33.8 Å². The molecule has 3 aromatic heterocycles. The quantitative estimate of drug-likeness (QED) is 0.671. The zero-order valence-corrected chi connectivity index (χ0v) is 15.7. The Morgan fingerprint density at radius 1 is 1.30 bits per heavy atom. The molecule has 0 aliphatic carbocycles.